The second-order valence-corrected chi connectivity index (χ2v) is 5.56. The molecule has 0 atom stereocenters. The summed E-state index contributed by atoms with van der Waals surface area (Å²) in [5.41, 5.74) is 1.91. The fourth-order valence-electron chi connectivity index (χ4n) is 2.19. The maximum atomic E-state index is 12.4. The Balaban J connectivity index is 2.24. The van der Waals surface area contributed by atoms with Crippen molar-refractivity contribution in [2.45, 2.75) is 13.8 Å². The maximum absolute atomic E-state index is 12.4. The number of benzene rings is 1. The molecule has 1 aromatic carbocycles. The zero-order valence-corrected chi connectivity index (χ0v) is 11.9. The van der Waals surface area contributed by atoms with Crippen LogP contribution in [0, 0.1) is 13.8 Å². The third-order valence-corrected chi connectivity index (χ3v) is 4.08. The first-order valence-electron chi connectivity index (χ1n) is 6.18. The van der Waals surface area contributed by atoms with Gasteiger partial charge in [0, 0.05) is 11.3 Å². The van der Waals surface area contributed by atoms with E-state index in [1.54, 1.807) is 24.3 Å². The van der Waals surface area contributed by atoms with Gasteiger partial charge in [-0.3, -0.25) is 9.59 Å². The molecular weight excluding hydrogens is 272 g/mol. The normalized spacial score (nSPS) is 10.9. The van der Waals surface area contributed by atoms with Crippen LogP contribution in [-0.2, 0) is 0 Å². The zero-order chi connectivity index (χ0) is 14.3. The lowest BCUT2D eigenvalue weighted by atomic mass is 10.2. The molecule has 4 nitrogen and oxygen atoms in total. The smallest absolute Gasteiger partial charge is 0.267 e. The van der Waals surface area contributed by atoms with Crippen molar-refractivity contribution >= 4 is 27.7 Å². The number of pyridine rings is 1. The van der Waals surface area contributed by atoms with E-state index in [9.17, 15) is 9.59 Å². The van der Waals surface area contributed by atoms with Crippen LogP contribution in [0.5, 0.6) is 0 Å². The lowest BCUT2D eigenvalue weighted by Gasteiger charge is -1.98. The first-order chi connectivity index (χ1) is 9.58. The number of carbonyl (C=O) groups excluding carboxylic acids is 1. The fourth-order valence-corrected chi connectivity index (χ4v) is 3.25. The van der Waals surface area contributed by atoms with E-state index in [-0.39, 0.29) is 11.5 Å². The lowest BCUT2D eigenvalue weighted by Crippen LogP contribution is -2.21. The molecule has 5 heteroatoms. The second kappa shape index (κ2) is 4.68. The SMILES string of the molecule is Cc1cc(C)c2c(=O)n(C(=O)c3ccccc3)sc2n1. The molecule has 0 unspecified atom stereocenters. The molecule has 0 fully saturated rings. The van der Waals surface area contributed by atoms with Crippen molar-refractivity contribution in [2.75, 3.05) is 0 Å². The molecule has 100 valence electrons. The topological polar surface area (TPSA) is 52.0 Å². The molecular formula is C15H12N2O2S. The van der Waals surface area contributed by atoms with Crippen LogP contribution in [0.1, 0.15) is 21.6 Å². The Morgan fingerprint density at radius 1 is 1.20 bits per heavy atom. The van der Waals surface area contributed by atoms with Crippen LogP contribution < -0.4 is 5.56 Å². The molecule has 0 spiro atoms. The van der Waals surface area contributed by atoms with E-state index >= 15 is 0 Å². The van der Waals surface area contributed by atoms with Gasteiger partial charge in [0.05, 0.1) is 5.39 Å². The molecule has 2 heterocycles. The molecule has 0 amide bonds. The Hall–Kier alpha value is -2.27. The van der Waals surface area contributed by atoms with Crippen molar-refractivity contribution in [1.29, 1.82) is 0 Å². The van der Waals surface area contributed by atoms with Crippen LogP contribution in [0.4, 0.5) is 0 Å². The Labute approximate surface area is 119 Å². The first kappa shape index (κ1) is 12.7. The molecule has 0 aliphatic rings. The average molecular weight is 284 g/mol. The van der Waals surface area contributed by atoms with Crippen LogP contribution in [0.3, 0.4) is 0 Å². The molecule has 0 N–H and O–H groups in total. The molecule has 3 aromatic rings. The monoisotopic (exact) mass is 284 g/mol. The summed E-state index contributed by atoms with van der Waals surface area (Å²) in [5.74, 6) is -0.310. The fraction of sp³-hybridized carbons (Fsp3) is 0.133. The molecule has 3 rings (SSSR count). The van der Waals surface area contributed by atoms with Crippen molar-refractivity contribution in [3.05, 3.63) is 63.6 Å². The predicted molar refractivity (Wildman–Crippen MR) is 79.5 cm³/mol. The summed E-state index contributed by atoms with van der Waals surface area (Å²) >= 11 is 1.10. The minimum Gasteiger partial charge on any atom is -0.267 e. The molecule has 0 saturated carbocycles. The number of fused-ring (bicyclic) bond motifs is 1. The third kappa shape index (κ3) is 1.96. The van der Waals surface area contributed by atoms with Gasteiger partial charge in [-0.1, -0.05) is 18.2 Å². The summed E-state index contributed by atoms with van der Waals surface area (Å²) < 4.78 is 1.18. The van der Waals surface area contributed by atoms with Gasteiger partial charge in [-0.15, -0.1) is 0 Å². The number of rotatable bonds is 1. The molecule has 2 aromatic heterocycles. The Morgan fingerprint density at radius 2 is 1.90 bits per heavy atom. The number of hydrogen-bond donors (Lipinski definition) is 0. The number of hydrogen-bond acceptors (Lipinski definition) is 4. The highest BCUT2D eigenvalue weighted by Gasteiger charge is 2.17. The Kier molecular flexibility index (Phi) is 2.99. The second-order valence-electron chi connectivity index (χ2n) is 4.62. The van der Waals surface area contributed by atoms with E-state index < -0.39 is 0 Å². The number of aromatic nitrogens is 2. The summed E-state index contributed by atoms with van der Waals surface area (Å²) in [5, 5.41) is 0.532. The van der Waals surface area contributed by atoms with E-state index in [0.29, 0.717) is 15.8 Å². The molecule has 0 aliphatic carbocycles. The summed E-state index contributed by atoms with van der Waals surface area (Å²) in [6.45, 7) is 3.74. The number of nitrogens with zero attached hydrogens (tertiary/aromatic N) is 2. The molecule has 0 saturated heterocycles. The first-order valence-corrected chi connectivity index (χ1v) is 6.95. The van der Waals surface area contributed by atoms with Gasteiger partial charge in [-0.05, 0) is 49.1 Å². The van der Waals surface area contributed by atoms with Crippen LogP contribution in [0.15, 0.2) is 41.2 Å². The van der Waals surface area contributed by atoms with Crippen LogP contribution >= 0.6 is 11.5 Å². The highest BCUT2D eigenvalue weighted by molar-refractivity contribution is 7.14. The maximum Gasteiger partial charge on any atom is 0.277 e. The number of aryl methyl sites for hydroxylation is 2. The average Bonchev–Trinajstić information content (AvgIpc) is 2.76. The highest BCUT2D eigenvalue weighted by atomic mass is 32.1. The summed E-state index contributed by atoms with van der Waals surface area (Å²) in [6, 6.07) is 10.6. The van der Waals surface area contributed by atoms with Gasteiger partial charge in [0.2, 0.25) is 0 Å². The van der Waals surface area contributed by atoms with Crippen molar-refractivity contribution in [3.8, 4) is 0 Å². The summed E-state index contributed by atoms with van der Waals surface area (Å²) in [7, 11) is 0. The van der Waals surface area contributed by atoms with Crippen molar-refractivity contribution in [3.63, 3.8) is 0 Å². The van der Waals surface area contributed by atoms with Gasteiger partial charge in [0.1, 0.15) is 4.83 Å². The van der Waals surface area contributed by atoms with Crippen molar-refractivity contribution in [1.82, 2.24) is 8.94 Å². The molecule has 20 heavy (non-hydrogen) atoms. The standard InChI is InChI=1S/C15H12N2O2S/c1-9-8-10(2)16-13-12(9)15(19)17(20-13)14(18)11-6-4-3-5-7-11/h3-8H,1-2H3. The van der Waals surface area contributed by atoms with Gasteiger partial charge in [0.25, 0.3) is 11.5 Å². The largest absolute Gasteiger partial charge is 0.277 e. The zero-order valence-electron chi connectivity index (χ0n) is 11.1. The molecule has 0 bridgehead atoms. The Bertz CT molecular complexity index is 863. The predicted octanol–water partition coefficient (Wildman–Crippen LogP) is 2.76. The quantitative estimate of drug-likeness (QED) is 0.690. The minimum absolute atomic E-state index is 0.288. The van der Waals surface area contributed by atoms with Gasteiger partial charge < -0.3 is 0 Å². The van der Waals surface area contributed by atoms with Crippen LogP contribution in [-0.4, -0.2) is 14.8 Å². The van der Waals surface area contributed by atoms with Crippen LogP contribution in [0.2, 0.25) is 0 Å². The van der Waals surface area contributed by atoms with Crippen molar-refractivity contribution in [2.24, 2.45) is 0 Å². The van der Waals surface area contributed by atoms with Crippen LogP contribution in [0.25, 0.3) is 10.2 Å². The minimum atomic E-state index is -0.310. The number of carbonyl (C=O) groups is 1. The van der Waals surface area contributed by atoms with Crippen molar-refractivity contribution < 1.29 is 4.79 Å². The van der Waals surface area contributed by atoms with Gasteiger partial charge in [-0.2, -0.15) is 3.96 Å². The summed E-state index contributed by atoms with van der Waals surface area (Å²) in [4.78, 5) is 29.7. The van der Waals surface area contributed by atoms with E-state index in [1.807, 2.05) is 26.0 Å². The van der Waals surface area contributed by atoms with Gasteiger partial charge in [0.15, 0.2) is 0 Å². The summed E-state index contributed by atoms with van der Waals surface area (Å²) in [6.07, 6.45) is 0. The lowest BCUT2D eigenvalue weighted by molar-refractivity contribution is 0.0969. The Morgan fingerprint density at radius 3 is 2.60 bits per heavy atom. The highest BCUT2D eigenvalue weighted by Crippen LogP contribution is 2.19. The van der Waals surface area contributed by atoms with E-state index in [1.165, 1.54) is 3.96 Å². The third-order valence-electron chi connectivity index (χ3n) is 3.09. The van der Waals surface area contributed by atoms with E-state index in [2.05, 4.69) is 4.98 Å². The van der Waals surface area contributed by atoms with Gasteiger partial charge in [-0.25, -0.2) is 4.98 Å². The van der Waals surface area contributed by atoms with E-state index in [0.717, 1.165) is 22.8 Å². The molecule has 0 radical (unpaired) electrons. The molecule has 0 aliphatic heterocycles. The van der Waals surface area contributed by atoms with Gasteiger partial charge >= 0.3 is 0 Å². The van der Waals surface area contributed by atoms with E-state index in [4.69, 9.17) is 0 Å².